The van der Waals surface area contributed by atoms with Crippen LogP contribution in [0.3, 0.4) is 0 Å². The van der Waals surface area contributed by atoms with Crippen LogP contribution in [-0.2, 0) is 14.8 Å². The largest absolute Gasteiger partial charge is 0.489 e. The number of sulfonamides is 1. The first-order chi connectivity index (χ1) is 14.6. The highest BCUT2D eigenvalue weighted by molar-refractivity contribution is 7.89. The molecule has 31 heavy (non-hydrogen) atoms. The van der Waals surface area contributed by atoms with E-state index in [0.29, 0.717) is 30.3 Å². The van der Waals surface area contributed by atoms with Crippen LogP contribution < -0.4 is 14.9 Å². The van der Waals surface area contributed by atoms with Crippen molar-refractivity contribution in [2.24, 2.45) is 10.5 Å². The summed E-state index contributed by atoms with van der Waals surface area (Å²) < 4.78 is 50.3. The Bertz CT molecular complexity index is 1080. The average molecular weight is 450 g/mol. The number of hydrazone groups is 1. The fraction of sp³-hybridized carbons (Fsp3) is 0.333. The van der Waals surface area contributed by atoms with Gasteiger partial charge in [0.25, 0.3) is 5.91 Å². The van der Waals surface area contributed by atoms with Crippen molar-refractivity contribution in [1.29, 1.82) is 0 Å². The van der Waals surface area contributed by atoms with E-state index in [1.807, 2.05) is 13.8 Å². The number of likely N-dealkylation sites (N-methyl/N-ethyl adjacent to an activating group) is 1. The first-order valence-electron chi connectivity index (χ1n) is 9.50. The Labute approximate surface area is 180 Å². The molecule has 8 nitrogen and oxygen atoms in total. The molecule has 0 atom stereocenters. The third kappa shape index (κ3) is 5.80. The number of hydrogen-bond donors (Lipinski definition) is 1. The molecule has 0 bridgehead atoms. The summed E-state index contributed by atoms with van der Waals surface area (Å²) >= 11 is 0. The number of nitrogens with zero attached hydrogens (tertiary/aromatic N) is 2. The summed E-state index contributed by atoms with van der Waals surface area (Å²) in [5.74, 6) is 0.0537. The van der Waals surface area contributed by atoms with Crippen LogP contribution in [0.5, 0.6) is 11.5 Å². The lowest BCUT2D eigenvalue weighted by atomic mass is 9.97. The van der Waals surface area contributed by atoms with Gasteiger partial charge in [0.05, 0.1) is 30.9 Å². The van der Waals surface area contributed by atoms with E-state index >= 15 is 0 Å². The smallest absolute Gasteiger partial charge is 0.255 e. The third-order valence-electron chi connectivity index (χ3n) is 4.50. The molecule has 0 unspecified atom stereocenters. The second kappa shape index (κ2) is 9.03. The molecule has 0 fully saturated rings. The molecule has 1 amide bonds. The predicted molar refractivity (Wildman–Crippen MR) is 113 cm³/mol. The maximum Gasteiger partial charge on any atom is 0.255 e. The minimum Gasteiger partial charge on any atom is -0.489 e. The van der Waals surface area contributed by atoms with Crippen LogP contribution in [0.4, 0.5) is 4.39 Å². The standard InChI is InChI=1S/C21H24FN3O5S/c1-21(2)13-29-18-9-4-15(10-19(18)30-14-21)11-23-24-20(26)12-25(3)31(27,28)17-7-5-16(22)6-8-17/h4-11H,12-14H2,1-3H3,(H,24,26)/b23-11+. The van der Waals surface area contributed by atoms with Gasteiger partial charge in [-0.1, -0.05) is 13.8 Å². The van der Waals surface area contributed by atoms with Gasteiger partial charge in [-0.3, -0.25) is 4.79 Å². The topological polar surface area (TPSA) is 97.3 Å². The van der Waals surface area contributed by atoms with E-state index in [4.69, 9.17) is 9.47 Å². The van der Waals surface area contributed by atoms with Crippen LogP contribution in [0.25, 0.3) is 0 Å². The fourth-order valence-corrected chi connectivity index (χ4v) is 3.84. The lowest BCUT2D eigenvalue weighted by Gasteiger charge is -2.19. The molecule has 0 radical (unpaired) electrons. The van der Waals surface area contributed by atoms with E-state index < -0.39 is 28.3 Å². The number of carbonyl (C=O) groups excluding carboxylic acids is 1. The van der Waals surface area contributed by atoms with E-state index in [9.17, 15) is 17.6 Å². The van der Waals surface area contributed by atoms with E-state index in [1.165, 1.54) is 13.3 Å². The zero-order valence-electron chi connectivity index (χ0n) is 17.5. The van der Waals surface area contributed by atoms with Gasteiger partial charge in [-0.25, -0.2) is 18.2 Å². The number of benzene rings is 2. The molecule has 0 saturated carbocycles. The molecule has 166 valence electrons. The van der Waals surface area contributed by atoms with Gasteiger partial charge in [-0.15, -0.1) is 0 Å². The molecule has 0 aromatic heterocycles. The van der Waals surface area contributed by atoms with E-state index in [1.54, 1.807) is 18.2 Å². The molecule has 10 heteroatoms. The van der Waals surface area contributed by atoms with Gasteiger partial charge >= 0.3 is 0 Å². The van der Waals surface area contributed by atoms with Crippen LogP contribution in [0.15, 0.2) is 52.5 Å². The number of rotatable bonds is 6. The molecule has 1 aliphatic rings. The quantitative estimate of drug-likeness (QED) is 0.540. The van der Waals surface area contributed by atoms with Crippen LogP contribution in [0.1, 0.15) is 19.4 Å². The van der Waals surface area contributed by atoms with Crippen LogP contribution >= 0.6 is 0 Å². The van der Waals surface area contributed by atoms with Crippen molar-refractivity contribution in [3.05, 3.63) is 53.8 Å². The molecular formula is C21H24FN3O5S. The number of hydrogen-bond acceptors (Lipinski definition) is 6. The van der Waals surface area contributed by atoms with Crippen molar-refractivity contribution in [3.8, 4) is 11.5 Å². The third-order valence-corrected chi connectivity index (χ3v) is 6.31. The highest BCUT2D eigenvalue weighted by atomic mass is 32.2. The Balaban J connectivity index is 1.58. The first kappa shape index (κ1) is 22.7. The number of ether oxygens (including phenoxy) is 2. The van der Waals surface area contributed by atoms with Gasteiger partial charge in [0.2, 0.25) is 10.0 Å². The molecule has 1 N–H and O–H groups in total. The first-order valence-corrected chi connectivity index (χ1v) is 10.9. The molecule has 1 heterocycles. The van der Waals surface area contributed by atoms with Gasteiger partial charge in [0, 0.05) is 12.5 Å². The molecule has 2 aromatic rings. The molecule has 1 aliphatic heterocycles. The normalized spacial score (nSPS) is 15.6. The van der Waals surface area contributed by atoms with Gasteiger partial charge in [0.1, 0.15) is 5.82 Å². The van der Waals surface area contributed by atoms with Gasteiger partial charge in [-0.2, -0.15) is 9.41 Å². The van der Waals surface area contributed by atoms with E-state index in [-0.39, 0.29) is 10.3 Å². The van der Waals surface area contributed by atoms with Crippen molar-refractivity contribution in [2.45, 2.75) is 18.7 Å². The monoisotopic (exact) mass is 449 g/mol. The summed E-state index contributed by atoms with van der Waals surface area (Å²) in [7, 11) is -2.67. The number of carbonyl (C=O) groups is 1. The number of halogens is 1. The molecule has 3 rings (SSSR count). The summed E-state index contributed by atoms with van der Waals surface area (Å²) in [6, 6.07) is 9.65. The Kier molecular flexibility index (Phi) is 6.61. The van der Waals surface area contributed by atoms with Gasteiger partial charge in [0.15, 0.2) is 11.5 Å². The van der Waals surface area contributed by atoms with Crippen LogP contribution in [0, 0.1) is 11.2 Å². The Hall–Kier alpha value is -2.98. The molecule has 0 aliphatic carbocycles. The Morgan fingerprint density at radius 3 is 2.48 bits per heavy atom. The molecule has 2 aromatic carbocycles. The van der Waals surface area contributed by atoms with Crippen molar-refractivity contribution in [2.75, 3.05) is 26.8 Å². The Morgan fingerprint density at radius 1 is 1.16 bits per heavy atom. The average Bonchev–Trinajstić information content (AvgIpc) is 2.86. The minimum absolute atomic E-state index is 0.108. The number of nitrogens with one attached hydrogen (secondary N) is 1. The van der Waals surface area contributed by atoms with E-state index in [0.717, 1.165) is 28.6 Å². The predicted octanol–water partition coefficient (Wildman–Crippen LogP) is 2.39. The lowest BCUT2D eigenvalue weighted by molar-refractivity contribution is -0.121. The van der Waals surface area contributed by atoms with Crippen LogP contribution in [0.2, 0.25) is 0 Å². The maximum absolute atomic E-state index is 13.0. The number of fused-ring (bicyclic) bond motifs is 1. The van der Waals surface area contributed by atoms with Crippen molar-refractivity contribution < 1.29 is 27.1 Å². The Morgan fingerprint density at radius 2 is 1.81 bits per heavy atom. The highest BCUT2D eigenvalue weighted by Gasteiger charge is 2.25. The molecule has 0 spiro atoms. The summed E-state index contributed by atoms with van der Waals surface area (Å²) in [4.78, 5) is 12.0. The molecule has 0 saturated heterocycles. The second-order valence-corrected chi connectivity index (χ2v) is 10.0. The van der Waals surface area contributed by atoms with E-state index in [2.05, 4.69) is 10.5 Å². The highest BCUT2D eigenvalue weighted by Crippen LogP contribution is 2.34. The maximum atomic E-state index is 13.0. The number of amides is 1. The lowest BCUT2D eigenvalue weighted by Crippen LogP contribution is -2.36. The molecular weight excluding hydrogens is 425 g/mol. The summed E-state index contributed by atoms with van der Waals surface area (Å²) in [5, 5.41) is 3.87. The summed E-state index contributed by atoms with van der Waals surface area (Å²) in [5.41, 5.74) is 2.86. The summed E-state index contributed by atoms with van der Waals surface area (Å²) in [6.07, 6.45) is 1.42. The fourth-order valence-electron chi connectivity index (χ4n) is 2.71. The SMILES string of the molecule is CN(CC(=O)N/N=C/c1ccc2c(c1)OCC(C)(C)CO2)S(=O)(=O)c1ccc(F)cc1. The minimum atomic E-state index is -3.93. The second-order valence-electron chi connectivity index (χ2n) is 7.96. The zero-order valence-corrected chi connectivity index (χ0v) is 18.3. The summed E-state index contributed by atoms with van der Waals surface area (Å²) in [6.45, 7) is 4.69. The van der Waals surface area contributed by atoms with Crippen molar-refractivity contribution in [3.63, 3.8) is 0 Å². The zero-order chi connectivity index (χ0) is 22.6. The van der Waals surface area contributed by atoms with Crippen molar-refractivity contribution >= 4 is 22.1 Å². The van der Waals surface area contributed by atoms with Crippen LogP contribution in [-0.4, -0.2) is 51.7 Å². The van der Waals surface area contributed by atoms with Gasteiger partial charge < -0.3 is 9.47 Å². The van der Waals surface area contributed by atoms with Crippen molar-refractivity contribution in [1.82, 2.24) is 9.73 Å². The van der Waals surface area contributed by atoms with Gasteiger partial charge in [-0.05, 0) is 48.0 Å².